The van der Waals surface area contributed by atoms with Crippen LogP contribution in [0, 0.1) is 0 Å². The largest absolute Gasteiger partial charge is 0.393 e. The maximum absolute atomic E-state index is 11.9. The molecule has 3 N–H and O–H groups in total. The maximum atomic E-state index is 11.9. The van der Waals surface area contributed by atoms with Crippen molar-refractivity contribution >= 4 is 17.8 Å². The molecular formula is C9H15N3O3S. The number of thioether (sulfide) groups is 1. The maximum Gasteiger partial charge on any atom is 0.327 e. The predicted molar refractivity (Wildman–Crippen MR) is 60.3 cm³/mol. The highest BCUT2D eigenvalue weighted by Crippen LogP contribution is 2.28. The molecular weight excluding hydrogens is 230 g/mol. The van der Waals surface area contributed by atoms with Crippen molar-refractivity contribution < 1.29 is 14.6 Å². The minimum atomic E-state index is -0.383. The van der Waals surface area contributed by atoms with Gasteiger partial charge in [0.15, 0.2) is 0 Å². The van der Waals surface area contributed by atoms with Crippen LogP contribution in [-0.4, -0.2) is 58.2 Å². The summed E-state index contributed by atoms with van der Waals surface area (Å²) >= 11 is 1.50. The Morgan fingerprint density at radius 2 is 2.50 bits per heavy atom. The molecule has 1 fully saturated rings. The number of carbonyl (C=O) groups is 1. The smallest absolute Gasteiger partial charge is 0.327 e. The highest BCUT2D eigenvalue weighted by atomic mass is 32.2. The molecule has 7 heteroatoms. The van der Waals surface area contributed by atoms with Crippen molar-refractivity contribution in [1.29, 1.82) is 0 Å². The number of nitrogens with zero attached hydrogens (tertiary/aromatic N) is 2. The highest BCUT2D eigenvalue weighted by Gasteiger charge is 2.35. The minimum Gasteiger partial charge on any atom is -0.393 e. The Morgan fingerprint density at radius 3 is 3.12 bits per heavy atom. The molecule has 0 radical (unpaired) electrons. The van der Waals surface area contributed by atoms with E-state index >= 15 is 0 Å². The molecule has 0 aromatic carbocycles. The first-order valence-corrected chi connectivity index (χ1v) is 6.05. The lowest BCUT2D eigenvalue weighted by atomic mass is 10.3. The number of hydrogen-bond acceptors (Lipinski definition) is 5. The zero-order valence-electron chi connectivity index (χ0n) is 8.94. The monoisotopic (exact) mass is 245 g/mol. The molecule has 3 unspecified atom stereocenters. The number of ether oxygens (including phenoxy) is 1. The van der Waals surface area contributed by atoms with E-state index in [2.05, 4.69) is 0 Å². The van der Waals surface area contributed by atoms with E-state index < -0.39 is 0 Å². The van der Waals surface area contributed by atoms with Gasteiger partial charge in [0, 0.05) is 19.0 Å². The van der Waals surface area contributed by atoms with Crippen LogP contribution in [0.25, 0.3) is 0 Å². The van der Waals surface area contributed by atoms with Crippen molar-refractivity contribution in [3.8, 4) is 0 Å². The Labute approximate surface area is 98.0 Å². The van der Waals surface area contributed by atoms with E-state index in [1.807, 2.05) is 0 Å². The average molecular weight is 245 g/mol. The summed E-state index contributed by atoms with van der Waals surface area (Å²) in [5.41, 5.74) is 5.45. The van der Waals surface area contributed by atoms with Crippen LogP contribution in [0.4, 0.5) is 4.79 Å². The Morgan fingerprint density at radius 1 is 1.75 bits per heavy atom. The molecule has 3 atom stereocenters. The van der Waals surface area contributed by atoms with Crippen molar-refractivity contribution in [2.24, 2.45) is 5.73 Å². The summed E-state index contributed by atoms with van der Waals surface area (Å²) in [5, 5.41) is 8.94. The third kappa shape index (κ3) is 2.03. The molecule has 0 aliphatic carbocycles. The van der Waals surface area contributed by atoms with E-state index in [4.69, 9.17) is 15.6 Å². The van der Waals surface area contributed by atoms with Gasteiger partial charge in [0.1, 0.15) is 17.8 Å². The summed E-state index contributed by atoms with van der Waals surface area (Å²) in [5.74, 6) is 0.657. The molecule has 2 heterocycles. The summed E-state index contributed by atoms with van der Waals surface area (Å²) in [6, 6.07) is -0.181. The van der Waals surface area contributed by atoms with Crippen LogP contribution in [0.15, 0.2) is 12.3 Å². The number of likely N-dealkylation sites (N-methyl/N-ethyl adjacent to an activating group) is 1. The Kier molecular flexibility index (Phi) is 3.38. The number of hydrogen-bond donors (Lipinski definition) is 2. The normalized spacial score (nSPS) is 34.9. The van der Waals surface area contributed by atoms with Crippen LogP contribution < -0.4 is 5.73 Å². The van der Waals surface area contributed by atoms with Gasteiger partial charge in [0.2, 0.25) is 0 Å². The molecule has 0 aromatic rings. The SMILES string of the molecule is CN1C(=O)N(C2CSC(CO)O2)C=CC1N. The molecule has 0 spiro atoms. The Bertz CT molecular complexity index is 312. The van der Waals surface area contributed by atoms with Gasteiger partial charge in [-0.2, -0.15) is 0 Å². The minimum absolute atomic E-state index is 0.0394. The summed E-state index contributed by atoms with van der Waals surface area (Å²) in [4.78, 5) is 14.8. The van der Waals surface area contributed by atoms with E-state index in [-0.39, 0.29) is 30.5 Å². The third-order valence-electron chi connectivity index (χ3n) is 2.61. The standard InChI is InChI=1S/C9H15N3O3S/c1-11-6(10)2-3-12(9(11)14)7-5-16-8(4-13)15-7/h2-3,6-8,13H,4-5,10H2,1H3. The lowest BCUT2D eigenvalue weighted by Gasteiger charge is -2.35. The lowest BCUT2D eigenvalue weighted by Crippen LogP contribution is -2.53. The van der Waals surface area contributed by atoms with Gasteiger partial charge in [0.05, 0.1) is 6.61 Å². The van der Waals surface area contributed by atoms with Gasteiger partial charge in [-0.25, -0.2) is 4.79 Å². The summed E-state index contributed by atoms with van der Waals surface area (Å²) in [7, 11) is 1.65. The number of carbonyl (C=O) groups excluding carboxylic acids is 1. The topological polar surface area (TPSA) is 79.0 Å². The second kappa shape index (κ2) is 4.62. The molecule has 1 saturated heterocycles. The molecule has 16 heavy (non-hydrogen) atoms. The number of aliphatic hydroxyl groups excluding tert-OH is 1. The van der Waals surface area contributed by atoms with E-state index in [0.717, 1.165) is 0 Å². The van der Waals surface area contributed by atoms with Crippen LogP contribution >= 0.6 is 11.8 Å². The number of amides is 2. The van der Waals surface area contributed by atoms with Gasteiger partial charge in [0.25, 0.3) is 0 Å². The van der Waals surface area contributed by atoms with Gasteiger partial charge in [-0.05, 0) is 6.08 Å². The number of rotatable bonds is 2. The van der Waals surface area contributed by atoms with Crippen LogP contribution in [0.5, 0.6) is 0 Å². The number of urea groups is 1. The van der Waals surface area contributed by atoms with Crippen molar-refractivity contribution in [1.82, 2.24) is 9.80 Å². The molecule has 6 nitrogen and oxygen atoms in total. The molecule has 2 rings (SSSR count). The summed E-state index contributed by atoms with van der Waals surface area (Å²) in [6.45, 7) is -0.0394. The fraction of sp³-hybridized carbons (Fsp3) is 0.667. The Hall–Kier alpha value is -0.760. The first-order valence-electron chi connectivity index (χ1n) is 5.00. The quantitative estimate of drug-likeness (QED) is 0.689. The predicted octanol–water partition coefficient (Wildman–Crippen LogP) is -0.440. The van der Waals surface area contributed by atoms with Crippen molar-refractivity contribution in [3.63, 3.8) is 0 Å². The summed E-state index contributed by atoms with van der Waals surface area (Å²) in [6.07, 6.45) is 2.69. The van der Waals surface area contributed by atoms with Crippen molar-refractivity contribution in [2.45, 2.75) is 17.8 Å². The van der Waals surface area contributed by atoms with E-state index in [1.54, 1.807) is 19.3 Å². The fourth-order valence-electron chi connectivity index (χ4n) is 1.59. The second-order valence-electron chi connectivity index (χ2n) is 3.67. The van der Waals surface area contributed by atoms with Crippen molar-refractivity contribution in [2.75, 3.05) is 19.4 Å². The lowest BCUT2D eigenvalue weighted by molar-refractivity contribution is -0.0279. The van der Waals surface area contributed by atoms with Gasteiger partial charge >= 0.3 is 6.03 Å². The van der Waals surface area contributed by atoms with E-state index in [1.165, 1.54) is 21.6 Å². The first-order chi connectivity index (χ1) is 7.63. The van der Waals surface area contributed by atoms with E-state index in [9.17, 15) is 4.79 Å². The first kappa shape index (κ1) is 11.7. The van der Waals surface area contributed by atoms with Crippen LogP contribution in [0.2, 0.25) is 0 Å². The molecule has 90 valence electrons. The number of aliphatic hydroxyl groups is 1. The second-order valence-corrected chi connectivity index (χ2v) is 4.86. The molecule has 2 aliphatic rings. The third-order valence-corrected chi connectivity index (χ3v) is 3.72. The van der Waals surface area contributed by atoms with Gasteiger partial charge in [-0.15, -0.1) is 11.8 Å². The fourth-order valence-corrected chi connectivity index (χ4v) is 2.52. The average Bonchev–Trinajstić information content (AvgIpc) is 2.74. The zero-order valence-corrected chi connectivity index (χ0v) is 9.76. The molecule has 2 aliphatic heterocycles. The van der Waals surface area contributed by atoms with Gasteiger partial charge < -0.3 is 20.5 Å². The molecule has 0 bridgehead atoms. The van der Waals surface area contributed by atoms with Gasteiger partial charge in [-0.3, -0.25) is 4.90 Å². The summed E-state index contributed by atoms with van der Waals surface area (Å²) < 4.78 is 5.50. The number of nitrogens with two attached hydrogens (primary N) is 1. The van der Waals surface area contributed by atoms with Crippen LogP contribution in [0.3, 0.4) is 0 Å². The van der Waals surface area contributed by atoms with Crippen LogP contribution in [0.1, 0.15) is 0 Å². The molecule has 0 saturated carbocycles. The highest BCUT2D eigenvalue weighted by molar-refractivity contribution is 8.00. The molecule has 2 amide bonds. The van der Waals surface area contributed by atoms with Crippen molar-refractivity contribution in [3.05, 3.63) is 12.3 Å². The van der Waals surface area contributed by atoms with E-state index in [0.29, 0.717) is 5.75 Å². The molecule has 0 aromatic heterocycles. The zero-order chi connectivity index (χ0) is 11.7. The Balaban J connectivity index is 2.05. The van der Waals surface area contributed by atoms with Gasteiger partial charge in [-0.1, -0.05) is 0 Å². The van der Waals surface area contributed by atoms with Crippen LogP contribution in [-0.2, 0) is 4.74 Å².